The molecule has 46 valence electrons. The quantitative estimate of drug-likeness (QED) is 0.403. The van der Waals surface area contributed by atoms with E-state index in [1.807, 2.05) is 6.92 Å². The van der Waals surface area contributed by atoms with Gasteiger partial charge in [0.15, 0.2) is 0 Å². The Morgan fingerprint density at radius 2 is 2.25 bits per heavy atom. The van der Waals surface area contributed by atoms with Crippen LogP contribution in [0.5, 0.6) is 0 Å². The van der Waals surface area contributed by atoms with Crippen LogP contribution < -0.4 is 16.6 Å². The van der Waals surface area contributed by atoms with E-state index in [2.05, 4.69) is 17.8 Å². The molecule has 1 aliphatic heterocycles. The Morgan fingerprint density at radius 3 is 2.38 bits per heavy atom. The molecule has 8 heavy (non-hydrogen) atoms. The van der Waals surface area contributed by atoms with Crippen molar-refractivity contribution in [2.24, 2.45) is 5.73 Å². The summed E-state index contributed by atoms with van der Waals surface area (Å²) in [5, 5.41) is 0. The van der Waals surface area contributed by atoms with Crippen LogP contribution in [0.4, 0.5) is 0 Å². The molecule has 4 N–H and O–H groups in total. The smallest absolute Gasteiger partial charge is 0.111 e. The summed E-state index contributed by atoms with van der Waals surface area (Å²) in [6.45, 7) is 4.06. The van der Waals surface area contributed by atoms with Gasteiger partial charge < -0.3 is 11.2 Å². The van der Waals surface area contributed by atoms with Crippen LogP contribution in [0.15, 0.2) is 11.4 Å². The summed E-state index contributed by atoms with van der Waals surface area (Å²) in [6.07, 6.45) is 0. The lowest BCUT2D eigenvalue weighted by Crippen LogP contribution is -2.31. The van der Waals surface area contributed by atoms with Crippen molar-refractivity contribution in [3.63, 3.8) is 0 Å². The fourth-order valence-corrected chi connectivity index (χ4v) is 0.626. The van der Waals surface area contributed by atoms with E-state index >= 15 is 0 Å². The Bertz CT molecular complexity index is 128. The zero-order valence-corrected chi connectivity index (χ0v) is 5.15. The second kappa shape index (κ2) is 1.67. The largest absolute Gasteiger partial charge is 0.384 e. The number of rotatable bonds is 0. The highest BCUT2D eigenvalue weighted by molar-refractivity contribution is 5.16. The van der Waals surface area contributed by atoms with Crippen LogP contribution in [-0.4, -0.2) is 6.04 Å². The van der Waals surface area contributed by atoms with Crippen LogP contribution in [0.25, 0.3) is 0 Å². The second-order valence-electron chi connectivity index (χ2n) is 2.09. The van der Waals surface area contributed by atoms with Crippen LogP contribution >= 0.6 is 0 Å². The molecule has 1 atom stereocenters. The minimum atomic E-state index is 0.384. The molecular formula is C5H11N3. The van der Waals surface area contributed by atoms with Crippen molar-refractivity contribution in [2.45, 2.75) is 19.9 Å². The summed E-state index contributed by atoms with van der Waals surface area (Å²) >= 11 is 0. The Hall–Kier alpha value is -0.700. The predicted molar refractivity (Wildman–Crippen MR) is 32.6 cm³/mol. The van der Waals surface area contributed by atoms with E-state index in [1.54, 1.807) is 0 Å². The molecule has 0 radical (unpaired) electrons. The van der Waals surface area contributed by atoms with Crippen molar-refractivity contribution < 1.29 is 0 Å². The molecule has 0 aromatic rings. The summed E-state index contributed by atoms with van der Waals surface area (Å²) in [4.78, 5) is 0. The SMILES string of the molecule is CC1=C(N)NNC1C. The minimum absolute atomic E-state index is 0.384. The molecule has 1 rings (SSSR count). The Labute approximate surface area is 48.9 Å². The number of nitrogens with two attached hydrogens (primary N) is 1. The maximum absolute atomic E-state index is 5.47. The van der Waals surface area contributed by atoms with E-state index in [9.17, 15) is 0 Å². The molecule has 0 aromatic heterocycles. The van der Waals surface area contributed by atoms with Gasteiger partial charge in [-0.15, -0.1) is 0 Å². The third-order valence-electron chi connectivity index (χ3n) is 1.50. The number of hydrogen-bond acceptors (Lipinski definition) is 3. The molecule has 0 saturated heterocycles. The van der Waals surface area contributed by atoms with Crippen molar-refractivity contribution in [1.82, 2.24) is 10.9 Å². The van der Waals surface area contributed by atoms with E-state index in [0.717, 1.165) is 5.82 Å². The van der Waals surface area contributed by atoms with Crippen molar-refractivity contribution in [3.8, 4) is 0 Å². The molecule has 0 spiro atoms. The number of nitrogens with one attached hydrogen (secondary N) is 2. The third kappa shape index (κ3) is 0.648. The summed E-state index contributed by atoms with van der Waals surface area (Å²) in [7, 11) is 0. The summed E-state index contributed by atoms with van der Waals surface area (Å²) in [5.41, 5.74) is 12.5. The molecule has 1 aliphatic rings. The van der Waals surface area contributed by atoms with Gasteiger partial charge in [0.05, 0.1) is 0 Å². The maximum Gasteiger partial charge on any atom is 0.111 e. The van der Waals surface area contributed by atoms with Gasteiger partial charge >= 0.3 is 0 Å². The Kier molecular flexibility index (Phi) is 1.13. The van der Waals surface area contributed by atoms with Crippen molar-refractivity contribution in [3.05, 3.63) is 11.4 Å². The molecule has 1 heterocycles. The first-order chi connectivity index (χ1) is 3.72. The Balaban J connectivity index is 2.71. The van der Waals surface area contributed by atoms with Crippen LogP contribution in [0, 0.1) is 0 Å². The van der Waals surface area contributed by atoms with Crippen LogP contribution in [-0.2, 0) is 0 Å². The zero-order chi connectivity index (χ0) is 6.15. The summed E-state index contributed by atoms with van der Waals surface area (Å²) in [5.74, 6) is 0.762. The average molecular weight is 113 g/mol. The summed E-state index contributed by atoms with van der Waals surface area (Å²) in [6, 6.07) is 0.384. The maximum atomic E-state index is 5.47. The van der Waals surface area contributed by atoms with Gasteiger partial charge in [0.2, 0.25) is 0 Å². The van der Waals surface area contributed by atoms with E-state index in [4.69, 9.17) is 5.73 Å². The molecule has 0 amide bonds. The van der Waals surface area contributed by atoms with E-state index < -0.39 is 0 Å². The molecule has 0 bridgehead atoms. The van der Waals surface area contributed by atoms with Gasteiger partial charge in [0, 0.05) is 6.04 Å². The first-order valence-corrected chi connectivity index (χ1v) is 2.69. The standard InChI is InChI=1S/C5H11N3/c1-3-4(2)7-8-5(3)6/h4,7-8H,6H2,1-2H3. The Morgan fingerprint density at radius 1 is 1.62 bits per heavy atom. The lowest BCUT2D eigenvalue weighted by molar-refractivity contribution is 0.596. The van der Waals surface area contributed by atoms with Gasteiger partial charge in [-0.2, -0.15) is 0 Å². The molecule has 3 heteroatoms. The van der Waals surface area contributed by atoms with Crippen LogP contribution in [0.3, 0.4) is 0 Å². The number of hydrazine groups is 1. The monoisotopic (exact) mass is 113 g/mol. The van der Waals surface area contributed by atoms with Crippen LogP contribution in [0.2, 0.25) is 0 Å². The highest BCUT2D eigenvalue weighted by atomic mass is 15.4. The first-order valence-electron chi connectivity index (χ1n) is 2.69. The molecule has 0 aromatic carbocycles. The minimum Gasteiger partial charge on any atom is -0.384 e. The van der Waals surface area contributed by atoms with Gasteiger partial charge in [-0.1, -0.05) is 0 Å². The number of hydrogen-bond donors (Lipinski definition) is 3. The van der Waals surface area contributed by atoms with Gasteiger partial charge in [-0.25, -0.2) is 5.43 Å². The van der Waals surface area contributed by atoms with E-state index in [1.165, 1.54) is 5.57 Å². The highest BCUT2D eigenvalue weighted by Crippen LogP contribution is 2.05. The van der Waals surface area contributed by atoms with E-state index in [0.29, 0.717) is 6.04 Å². The lowest BCUT2D eigenvalue weighted by Gasteiger charge is -2.00. The van der Waals surface area contributed by atoms with Gasteiger partial charge in [-0.05, 0) is 19.4 Å². The van der Waals surface area contributed by atoms with Crippen molar-refractivity contribution >= 4 is 0 Å². The fourth-order valence-electron chi connectivity index (χ4n) is 0.626. The first kappa shape index (κ1) is 5.44. The topological polar surface area (TPSA) is 50.1 Å². The molecule has 0 fully saturated rings. The van der Waals surface area contributed by atoms with Crippen molar-refractivity contribution in [1.29, 1.82) is 0 Å². The van der Waals surface area contributed by atoms with Crippen molar-refractivity contribution in [2.75, 3.05) is 0 Å². The fraction of sp³-hybridized carbons (Fsp3) is 0.600. The molecule has 0 aliphatic carbocycles. The average Bonchev–Trinajstić information content (AvgIpc) is 1.98. The second-order valence-corrected chi connectivity index (χ2v) is 2.09. The normalized spacial score (nSPS) is 28.5. The molecular weight excluding hydrogens is 102 g/mol. The molecule has 3 nitrogen and oxygen atoms in total. The molecule has 0 saturated carbocycles. The highest BCUT2D eigenvalue weighted by Gasteiger charge is 2.12. The predicted octanol–water partition coefficient (Wildman–Crippen LogP) is -0.327. The molecule has 1 unspecified atom stereocenters. The lowest BCUT2D eigenvalue weighted by atomic mass is 10.2. The zero-order valence-electron chi connectivity index (χ0n) is 5.15. The van der Waals surface area contributed by atoms with Gasteiger partial charge in [0.1, 0.15) is 5.82 Å². The van der Waals surface area contributed by atoms with Crippen LogP contribution in [0.1, 0.15) is 13.8 Å². The third-order valence-corrected chi connectivity index (χ3v) is 1.50. The summed E-state index contributed by atoms with van der Waals surface area (Å²) < 4.78 is 0. The van der Waals surface area contributed by atoms with E-state index in [-0.39, 0.29) is 0 Å². The van der Waals surface area contributed by atoms with Gasteiger partial charge in [0.25, 0.3) is 0 Å². The van der Waals surface area contributed by atoms with Gasteiger partial charge in [-0.3, -0.25) is 0 Å².